The van der Waals surface area contributed by atoms with Crippen LogP contribution in [0.25, 0.3) is 6.08 Å². The molecule has 0 aromatic heterocycles. The monoisotopic (exact) mass is 329 g/mol. The van der Waals surface area contributed by atoms with Gasteiger partial charge in [-0.25, -0.2) is 0 Å². The van der Waals surface area contributed by atoms with Gasteiger partial charge in [-0.3, -0.25) is 4.79 Å². The molecule has 1 amide bonds. The van der Waals surface area contributed by atoms with E-state index in [0.29, 0.717) is 0 Å². The van der Waals surface area contributed by atoms with Crippen molar-refractivity contribution in [2.45, 2.75) is 25.7 Å². The number of carbonyl (C=O) groups is 1. The van der Waals surface area contributed by atoms with Crippen molar-refractivity contribution < 1.29 is 4.79 Å². The van der Waals surface area contributed by atoms with Gasteiger partial charge in [-0.05, 0) is 48.4 Å². The minimum atomic E-state index is -0.106. The number of likely N-dealkylation sites (tertiary alicyclic amines) is 1. The average Bonchev–Trinajstić information content (AvgIpc) is 2.76. The van der Waals surface area contributed by atoms with E-state index in [0.717, 1.165) is 34.4 Å². The molecule has 2 heterocycles. The number of hydrogen-bond acceptors (Lipinski definition) is 4. The van der Waals surface area contributed by atoms with Crippen LogP contribution < -0.4 is 4.90 Å². The van der Waals surface area contributed by atoms with Gasteiger partial charge in [0.1, 0.15) is 0 Å². The van der Waals surface area contributed by atoms with Crippen LogP contribution in [0.1, 0.15) is 31.2 Å². The van der Waals surface area contributed by atoms with Crippen LogP contribution in [0, 0.1) is 0 Å². The second kappa shape index (κ2) is 7.21. The number of amidine groups is 1. The van der Waals surface area contributed by atoms with Gasteiger partial charge in [-0.2, -0.15) is 4.99 Å². The summed E-state index contributed by atoms with van der Waals surface area (Å²) in [4.78, 5) is 21.5. The third-order valence-electron chi connectivity index (χ3n) is 4.19. The minimum absolute atomic E-state index is 0.106. The summed E-state index contributed by atoms with van der Waals surface area (Å²) in [6, 6.07) is 8.21. The molecule has 0 saturated carbocycles. The zero-order chi connectivity index (χ0) is 16.2. The molecule has 1 aromatic carbocycles. The number of nitrogens with zero attached hydrogens (tertiary/aromatic N) is 3. The first-order chi connectivity index (χ1) is 11.1. The number of hydrogen-bond donors (Lipinski definition) is 0. The number of amides is 1. The van der Waals surface area contributed by atoms with Crippen molar-refractivity contribution in [3.8, 4) is 0 Å². The molecule has 0 radical (unpaired) electrons. The first-order valence-electron chi connectivity index (χ1n) is 8.18. The zero-order valence-corrected chi connectivity index (χ0v) is 14.6. The summed E-state index contributed by atoms with van der Waals surface area (Å²) in [6.45, 7) is 2.04. The summed E-state index contributed by atoms with van der Waals surface area (Å²) in [6.07, 6.45) is 6.89. The first kappa shape index (κ1) is 16.1. The minimum Gasteiger partial charge on any atom is -0.378 e. The molecule has 1 fully saturated rings. The fourth-order valence-electron chi connectivity index (χ4n) is 2.82. The van der Waals surface area contributed by atoms with E-state index in [1.54, 1.807) is 0 Å². The number of benzene rings is 1. The number of rotatable bonds is 2. The Kier molecular flexibility index (Phi) is 5.06. The Bertz CT molecular complexity index is 626. The van der Waals surface area contributed by atoms with Crippen molar-refractivity contribution in [3.05, 3.63) is 34.7 Å². The molecule has 0 atom stereocenters. The van der Waals surface area contributed by atoms with Gasteiger partial charge in [0.2, 0.25) is 0 Å². The largest absolute Gasteiger partial charge is 0.378 e. The second-order valence-corrected chi connectivity index (χ2v) is 7.21. The molecule has 0 bridgehead atoms. The fourth-order valence-corrected chi connectivity index (χ4v) is 3.78. The van der Waals surface area contributed by atoms with Crippen molar-refractivity contribution in [2.24, 2.45) is 4.99 Å². The van der Waals surface area contributed by atoms with E-state index in [1.807, 2.05) is 32.3 Å². The fraction of sp³-hybridized carbons (Fsp3) is 0.444. The molecule has 23 heavy (non-hydrogen) atoms. The molecular weight excluding hydrogens is 306 g/mol. The van der Waals surface area contributed by atoms with Crippen molar-refractivity contribution in [3.63, 3.8) is 0 Å². The predicted octanol–water partition coefficient (Wildman–Crippen LogP) is 3.60. The maximum absolute atomic E-state index is 12.2. The number of thioether (sulfide) groups is 1. The normalized spacial score (nSPS) is 20.6. The summed E-state index contributed by atoms with van der Waals surface area (Å²) in [5.41, 5.74) is 2.19. The van der Waals surface area contributed by atoms with Crippen molar-refractivity contribution >= 4 is 34.6 Å². The van der Waals surface area contributed by atoms with Gasteiger partial charge in [-0.15, -0.1) is 0 Å². The lowest BCUT2D eigenvalue weighted by atomic mass is 10.2. The quantitative estimate of drug-likeness (QED) is 0.777. The number of aliphatic imine (C=N–C) groups is 1. The predicted molar refractivity (Wildman–Crippen MR) is 98.8 cm³/mol. The van der Waals surface area contributed by atoms with Crippen LogP contribution in [0.3, 0.4) is 0 Å². The van der Waals surface area contributed by atoms with Crippen LogP contribution in [-0.2, 0) is 4.79 Å². The van der Waals surface area contributed by atoms with Crippen LogP contribution in [-0.4, -0.2) is 43.2 Å². The molecule has 0 spiro atoms. The average molecular weight is 329 g/mol. The highest BCUT2D eigenvalue weighted by molar-refractivity contribution is 8.18. The Morgan fingerprint density at radius 3 is 2.35 bits per heavy atom. The topological polar surface area (TPSA) is 35.9 Å². The van der Waals surface area contributed by atoms with Crippen LogP contribution in [0.2, 0.25) is 0 Å². The summed E-state index contributed by atoms with van der Waals surface area (Å²) < 4.78 is 0. The van der Waals surface area contributed by atoms with Gasteiger partial charge in [0.05, 0.1) is 4.91 Å². The SMILES string of the molecule is CN(C)c1ccc(C=C2SC(N3CCCCCC3)=NC2=O)cc1. The van der Waals surface area contributed by atoms with E-state index in [1.165, 1.54) is 37.4 Å². The highest BCUT2D eigenvalue weighted by Gasteiger charge is 2.26. The van der Waals surface area contributed by atoms with E-state index >= 15 is 0 Å². The zero-order valence-electron chi connectivity index (χ0n) is 13.8. The maximum atomic E-state index is 12.2. The van der Waals surface area contributed by atoms with Gasteiger partial charge >= 0.3 is 0 Å². The summed E-state index contributed by atoms with van der Waals surface area (Å²) in [5.74, 6) is -0.106. The molecule has 0 N–H and O–H groups in total. The molecule has 2 aliphatic rings. The van der Waals surface area contributed by atoms with Crippen LogP contribution >= 0.6 is 11.8 Å². The lowest BCUT2D eigenvalue weighted by molar-refractivity contribution is -0.113. The Morgan fingerprint density at radius 2 is 1.74 bits per heavy atom. The number of carbonyl (C=O) groups excluding carboxylic acids is 1. The van der Waals surface area contributed by atoms with E-state index in [9.17, 15) is 4.79 Å². The highest BCUT2D eigenvalue weighted by atomic mass is 32.2. The molecule has 0 unspecified atom stereocenters. The highest BCUT2D eigenvalue weighted by Crippen LogP contribution is 2.31. The standard InChI is InChI=1S/C18H23N3OS/c1-20(2)15-9-7-14(8-10-15)13-16-17(22)19-18(23-16)21-11-5-3-4-6-12-21/h7-10,13H,3-6,11-12H2,1-2H3. The Hall–Kier alpha value is -1.75. The number of anilines is 1. The molecule has 122 valence electrons. The van der Waals surface area contributed by atoms with Crippen molar-refractivity contribution in [1.29, 1.82) is 0 Å². The Balaban J connectivity index is 1.71. The van der Waals surface area contributed by atoms with Crippen LogP contribution in [0.15, 0.2) is 34.2 Å². The molecule has 2 aliphatic heterocycles. The van der Waals surface area contributed by atoms with Crippen molar-refractivity contribution in [2.75, 3.05) is 32.1 Å². The van der Waals surface area contributed by atoms with Gasteiger partial charge in [-0.1, -0.05) is 25.0 Å². The van der Waals surface area contributed by atoms with Crippen molar-refractivity contribution in [1.82, 2.24) is 4.90 Å². The van der Waals surface area contributed by atoms with Gasteiger partial charge < -0.3 is 9.80 Å². The Labute approximate surface area is 142 Å². The molecule has 1 saturated heterocycles. The molecule has 3 rings (SSSR count). The van der Waals surface area contributed by atoms with Crippen LogP contribution in [0.4, 0.5) is 5.69 Å². The second-order valence-electron chi connectivity index (χ2n) is 6.20. The van der Waals surface area contributed by atoms with Gasteiger partial charge in [0.25, 0.3) is 5.91 Å². The van der Waals surface area contributed by atoms with E-state index in [-0.39, 0.29) is 5.91 Å². The third kappa shape index (κ3) is 3.96. The smallest absolute Gasteiger partial charge is 0.286 e. The van der Waals surface area contributed by atoms with E-state index < -0.39 is 0 Å². The first-order valence-corrected chi connectivity index (χ1v) is 9.00. The molecular formula is C18H23N3OS. The molecule has 5 heteroatoms. The summed E-state index contributed by atoms with van der Waals surface area (Å²) >= 11 is 1.52. The summed E-state index contributed by atoms with van der Waals surface area (Å²) in [5, 5.41) is 0.882. The summed E-state index contributed by atoms with van der Waals surface area (Å²) in [7, 11) is 4.04. The lowest BCUT2D eigenvalue weighted by Crippen LogP contribution is -2.28. The molecule has 1 aromatic rings. The third-order valence-corrected chi connectivity index (χ3v) is 5.24. The molecule has 4 nitrogen and oxygen atoms in total. The molecule has 0 aliphatic carbocycles. The maximum Gasteiger partial charge on any atom is 0.286 e. The lowest BCUT2D eigenvalue weighted by Gasteiger charge is -2.20. The van der Waals surface area contributed by atoms with Gasteiger partial charge in [0.15, 0.2) is 5.17 Å². The van der Waals surface area contributed by atoms with E-state index in [2.05, 4.69) is 26.9 Å². The van der Waals surface area contributed by atoms with Crippen LogP contribution in [0.5, 0.6) is 0 Å². The van der Waals surface area contributed by atoms with E-state index in [4.69, 9.17) is 0 Å². The van der Waals surface area contributed by atoms with Gasteiger partial charge in [0, 0.05) is 32.9 Å². The Morgan fingerprint density at radius 1 is 1.09 bits per heavy atom.